The van der Waals surface area contributed by atoms with Gasteiger partial charge in [-0.05, 0) is 173 Å². The van der Waals surface area contributed by atoms with Crippen molar-refractivity contribution >= 4 is 34.8 Å². The van der Waals surface area contributed by atoms with Crippen molar-refractivity contribution in [2.45, 2.75) is 196 Å². The maximum absolute atomic E-state index is 11.5. The summed E-state index contributed by atoms with van der Waals surface area (Å²) in [6.45, 7) is 41.6. The molecule has 0 saturated carbocycles. The molecule has 60 heavy (non-hydrogen) atoms. The third-order valence-electron chi connectivity index (χ3n) is 15.9. The van der Waals surface area contributed by atoms with Crippen LogP contribution in [-0.4, -0.2) is 14.7 Å². The van der Waals surface area contributed by atoms with Gasteiger partial charge in [0.1, 0.15) is 0 Å². The van der Waals surface area contributed by atoms with E-state index >= 15 is 0 Å². The number of hydrogen-bond acceptors (Lipinski definition) is 3. The molecule has 5 rings (SSSR count). The van der Waals surface area contributed by atoms with Crippen molar-refractivity contribution in [3.8, 4) is 22.3 Å². The van der Waals surface area contributed by atoms with Crippen molar-refractivity contribution in [2.24, 2.45) is 0 Å². The molecule has 0 unspecified atom stereocenters. The summed E-state index contributed by atoms with van der Waals surface area (Å²) in [4.78, 5) is 34.6. The number of fused-ring (bicyclic) bond motifs is 2. The fourth-order valence-corrected chi connectivity index (χ4v) is 9.57. The Labute approximate surface area is 366 Å². The van der Waals surface area contributed by atoms with Crippen molar-refractivity contribution in [2.75, 3.05) is 0 Å². The summed E-state index contributed by atoms with van der Waals surface area (Å²) in [5.41, 5.74) is 10.7. The van der Waals surface area contributed by atoms with E-state index in [1.54, 1.807) is 6.07 Å². The van der Waals surface area contributed by atoms with Crippen LogP contribution in [0.5, 0.6) is 0 Å². The molecule has 5 aromatic carbocycles. The molecule has 0 bridgehead atoms. The van der Waals surface area contributed by atoms with Crippen LogP contribution in [0.1, 0.15) is 197 Å². The Kier molecular flexibility index (Phi) is 13.2. The third-order valence-corrected chi connectivity index (χ3v) is 16.9. The lowest BCUT2D eigenvalue weighted by atomic mass is 9.70. The van der Waals surface area contributed by atoms with Crippen molar-refractivity contribution < 1.29 is 14.7 Å². The predicted octanol–water partition coefficient (Wildman–Crippen LogP) is 15.8. The summed E-state index contributed by atoms with van der Waals surface area (Å²) >= 11 is 0. The van der Waals surface area contributed by atoms with Crippen molar-refractivity contribution in [3.05, 3.63) is 100 Å². The van der Waals surface area contributed by atoms with Gasteiger partial charge in [0, 0.05) is 5.56 Å². The number of benzene rings is 5. The molecule has 0 amide bonds. The van der Waals surface area contributed by atoms with Gasteiger partial charge in [-0.1, -0.05) is 161 Å². The van der Waals surface area contributed by atoms with Gasteiger partial charge in [0.15, 0.2) is 5.30 Å². The van der Waals surface area contributed by atoms with Gasteiger partial charge >= 0.3 is 7.94 Å². The van der Waals surface area contributed by atoms with E-state index in [9.17, 15) is 14.7 Å². The Hall–Kier alpha value is -3.07. The quantitative estimate of drug-likeness (QED) is 0.0921. The minimum absolute atomic E-state index is 0.00277. The first-order chi connectivity index (χ1) is 27.6. The summed E-state index contributed by atoms with van der Waals surface area (Å²) in [7, 11) is -4.52. The highest BCUT2D eigenvalue weighted by molar-refractivity contribution is 7.67. The highest BCUT2D eigenvalue weighted by atomic mass is 31.2. The van der Waals surface area contributed by atoms with Crippen molar-refractivity contribution in [1.29, 1.82) is 0 Å². The maximum Gasteiger partial charge on any atom is 0.441 e. The van der Waals surface area contributed by atoms with Gasteiger partial charge in [-0.25, -0.2) is 0 Å². The number of hydrogen-bond donors (Lipinski definition) is 3. The fraction of sp³-hybridized carbons (Fsp3) is 0.536. The molecule has 0 spiro atoms. The van der Waals surface area contributed by atoms with Crippen LogP contribution >= 0.6 is 7.94 Å². The summed E-state index contributed by atoms with van der Waals surface area (Å²) in [5, 5.41) is 5.05. The predicted molar refractivity (Wildman–Crippen MR) is 265 cm³/mol. The molecule has 0 saturated heterocycles. The molecule has 0 aliphatic rings. The Morgan fingerprint density at radius 2 is 0.733 bits per heavy atom. The topological polar surface area (TPSA) is 60.7 Å². The lowest BCUT2D eigenvalue weighted by Gasteiger charge is -2.34. The van der Waals surface area contributed by atoms with E-state index in [0.717, 1.165) is 60.8 Å². The molecule has 326 valence electrons. The molecule has 0 heterocycles. The van der Waals surface area contributed by atoms with Crippen LogP contribution in [0.4, 0.5) is 0 Å². The monoisotopic (exact) mass is 832 g/mol. The molecule has 0 fully saturated rings. The summed E-state index contributed by atoms with van der Waals surface area (Å²) < 4.78 is 0. The van der Waals surface area contributed by atoms with Crippen LogP contribution in [0, 0.1) is 0 Å². The number of rotatable bonds is 15. The van der Waals surface area contributed by atoms with E-state index < -0.39 is 7.94 Å². The van der Waals surface area contributed by atoms with Crippen molar-refractivity contribution in [3.63, 3.8) is 0 Å². The van der Waals surface area contributed by atoms with Crippen LogP contribution in [0.3, 0.4) is 0 Å². The van der Waals surface area contributed by atoms with Gasteiger partial charge in [-0.2, -0.15) is 14.7 Å². The molecule has 3 N–H and O–H groups in total. The van der Waals surface area contributed by atoms with E-state index in [2.05, 4.69) is 179 Å². The van der Waals surface area contributed by atoms with Crippen molar-refractivity contribution in [1.82, 2.24) is 0 Å². The van der Waals surface area contributed by atoms with E-state index in [0.29, 0.717) is 5.56 Å². The third kappa shape index (κ3) is 8.78. The molecule has 0 radical (unpaired) electrons. The van der Waals surface area contributed by atoms with Gasteiger partial charge in [0.2, 0.25) is 0 Å². The van der Waals surface area contributed by atoms with Gasteiger partial charge in [-0.15, -0.1) is 0 Å². The Balaban J connectivity index is 2.10. The summed E-state index contributed by atoms with van der Waals surface area (Å²) in [5.74, 6) is 0. The normalized spacial score (nSPS) is 13.8. The largest absolute Gasteiger partial charge is 0.441 e. The second kappa shape index (κ2) is 16.6. The summed E-state index contributed by atoms with van der Waals surface area (Å²) in [6, 6.07) is 25.1. The smallest absolute Gasteiger partial charge is 0.189 e. The van der Waals surface area contributed by atoms with Crippen LogP contribution in [0.2, 0.25) is 0 Å². The Bertz CT molecular complexity index is 2380. The van der Waals surface area contributed by atoms with Crippen LogP contribution in [-0.2, 0) is 32.5 Å². The van der Waals surface area contributed by atoms with E-state index in [1.165, 1.54) is 49.4 Å². The van der Waals surface area contributed by atoms with Crippen LogP contribution < -0.4 is 5.30 Å². The first-order valence-electron chi connectivity index (χ1n) is 23.1. The molecule has 0 aliphatic heterocycles. The molecule has 5 aromatic rings. The molecule has 3 nitrogen and oxygen atoms in total. The van der Waals surface area contributed by atoms with Gasteiger partial charge in [0.05, 0.1) is 0 Å². The zero-order valence-electron chi connectivity index (χ0n) is 40.9. The Morgan fingerprint density at radius 3 is 1.10 bits per heavy atom. The summed E-state index contributed by atoms with van der Waals surface area (Å²) in [6.07, 6.45) is 5.82. The zero-order chi connectivity index (χ0) is 45.2. The van der Waals surface area contributed by atoms with Gasteiger partial charge in [-0.3, -0.25) is 0 Å². The Morgan fingerprint density at radius 1 is 0.383 bits per heavy atom. The maximum atomic E-state index is 11.5. The molecular weight excluding hydrogens is 752 g/mol. The molecule has 4 heteroatoms. The lowest BCUT2D eigenvalue weighted by molar-refractivity contribution is 0.347. The van der Waals surface area contributed by atoms with E-state index in [-0.39, 0.29) is 37.8 Å². The highest BCUT2D eigenvalue weighted by Crippen LogP contribution is 2.53. The van der Waals surface area contributed by atoms with Gasteiger partial charge < -0.3 is 0 Å². The highest BCUT2D eigenvalue weighted by Gasteiger charge is 2.41. The molecule has 0 aliphatic carbocycles. The average molecular weight is 832 g/mol. The average Bonchev–Trinajstić information content (AvgIpc) is 3.20. The second-order valence-electron chi connectivity index (χ2n) is 22.0. The first-order valence-corrected chi connectivity index (χ1v) is 24.7. The fourth-order valence-electron chi connectivity index (χ4n) is 8.74. The minimum atomic E-state index is -4.52. The second-order valence-corrected chi connectivity index (χ2v) is 23.6. The van der Waals surface area contributed by atoms with Crippen LogP contribution in [0.25, 0.3) is 43.8 Å². The lowest BCUT2D eigenvalue weighted by Crippen LogP contribution is -2.23. The zero-order valence-corrected chi connectivity index (χ0v) is 41.8. The standard InChI is InChI=1S/C56H80O3P/c1-19-51(7,8)38-28-36-30-45(53(11,12)21-3)43(34-41(36)47(32-38)55(15,16)23-5)40-26-25-27-49(60(57,58)59)50(40)44-35-42-37(31-46(44)54(13,14)22-4)29-39(52(9,10)20-2)33-48(42)56(17,18)24-6/h25-35,57-59H,19-24H2,1-18H3/q+1. The molecule has 0 atom stereocenters. The van der Waals surface area contributed by atoms with Gasteiger partial charge in [0.25, 0.3) is 0 Å². The minimum Gasteiger partial charge on any atom is -0.189 e. The van der Waals surface area contributed by atoms with E-state index in [4.69, 9.17) is 0 Å². The molecular formula is C56H80O3P+. The first kappa shape index (κ1) is 48.0. The molecule has 0 aromatic heterocycles. The van der Waals surface area contributed by atoms with Crippen LogP contribution in [0.15, 0.2) is 66.7 Å². The SMILES string of the molecule is CCC(C)(C)c1cc(C(C)(C)CC)c2cc(-c3cccc([P+](O)(O)O)c3-c3cc4c(C(C)(C)CC)cc(C(C)(C)CC)cc4cc3C(C)(C)CC)c(C(C)(C)CC)cc2c1. The van der Waals surface area contributed by atoms with E-state index in [1.807, 2.05) is 6.07 Å².